The van der Waals surface area contributed by atoms with Gasteiger partial charge in [-0.25, -0.2) is 0 Å². The molecule has 0 aliphatic carbocycles. The summed E-state index contributed by atoms with van der Waals surface area (Å²) < 4.78 is 0. The third-order valence-corrected chi connectivity index (χ3v) is 3.73. The van der Waals surface area contributed by atoms with E-state index in [9.17, 15) is 9.59 Å². The highest BCUT2D eigenvalue weighted by atomic mass is 32.2. The third kappa shape index (κ3) is 2.27. The molecule has 0 saturated carbocycles. The normalized spacial score (nSPS) is 26.3. The molecular weight excluding hydrogens is 200 g/mol. The van der Waals surface area contributed by atoms with Crippen molar-refractivity contribution >= 4 is 23.6 Å². The van der Waals surface area contributed by atoms with Crippen LogP contribution in [0.4, 0.5) is 0 Å². The first-order valence-electron chi connectivity index (χ1n) is 4.90. The van der Waals surface area contributed by atoms with E-state index < -0.39 is 0 Å². The van der Waals surface area contributed by atoms with E-state index in [-0.39, 0.29) is 11.8 Å². The Bertz CT molecular complexity index is 235. The van der Waals surface area contributed by atoms with Crippen LogP contribution in [0.25, 0.3) is 0 Å². The number of hydrogen-bond acceptors (Lipinski definition) is 4. The molecule has 0 aromatic rings. The van der Waals surface area contributed by atoms with E-state index >= 15 is 0 Å². The molecule has 2 rings (SSSR count). The predicted octanol–water partition coefficient (Wildman–Crippen LogP) is -0.160. The van der Waals surface area contributed by atoms with Crippen LogP contribution < -0.4 is 5.32 Å². The number of thioether (sulfide) groups is 1. The van der Waals surface area contributed by atoms with Crippen molar-refractivity contribution in [1.82, 2.24) is 10.2 Å². The highest BCUT2D eigenvalue weighted by Crippen LogP contribution is 2.21. The Morgan fingerprint density at radius 3 is 2.29 bits per heavy atom. The van der Waals surface area contributed by atoms with Gasteiger partial charge in [-0.05, 0) is 24.3 Å². The van der Waals surface area contributed by atoms with Crippen molar-refractivity contribution in [3.8, 4) is 0 Å². The molecule has 0 unspecified atom stereocenters. The van der Waals surface area contributed by atoms with Crippen LogP contribution in [0.15, 0.2) is 0 Å². The van der Waals surface area contributed by atoms with Gasteiger partial charge in [0.15, 0.2) is 0 Å². The zero-order chi connectivity index (χ0) is 9.97. The summed E-state index contributed by atoms with van der Waals surface area (Å²) in [6.45, 7) is 0.780. The lowest BCUT2D eigenvalue weighted by Crippen LogP contribution is -2.55. The van der Waals surface area contributed by atoms with E-state index in [2.05, 4.69) is 5.32 Å². The fraction of sp³-hybridized carbons (Fsp3) is 0.778. The number of nitrogens with zero attached hydrogens (tertiary/aromatic N) is 1. The molecule has 0 aromatic heterocycles. The maximum absolute atomic E-state index is 11.1. The summed E-state index contributed by atoms with van der Waals surface area (Å²) in [5.41, 5.74) is 0. The standard InChI is InChI=1S/C9H14N2O2S/c12-8-5-11(6-9(13)10-8)7-1-3-14-4-2-7/h7H,1-6H2,(H,10,12,13). The molecule has 0 spiro atoms. The first-order valence-corrected chi connectivity index (χ1v) is 6.05. The molecule has 0 radical (unpaired) electrons. The molecule has 5 heteroatoms. The van der Waals surface area contributed by atoms with Gasteiger partial charge in [-0.1, -0.05) is 0 Å². The fourth-order valence-electron chi connectivity index (χ4n) is 1.97. The Labute approximate surface area is 87.4 Å². The first-order chi connectivity index (χ1) is 6.75. The second kappa shape index (κ2) is 4.31. The van der Waals surface area contributed by atoms with Crippen molar-refractivity contribution in [1.29, 1.82) is 0 Å². The largest absolute Gasteiger partial charge is 0.294 e. The third-order valence-electron chi connectivity index (χ3n) is 2.68. The molecule has 14 heavy (non-hydrogen) atoms. The zero-order valence-corrected chi connectivity index (χ0v) is 8.81. The average Bonchev–Trinajstić information content (AvgIpc) is 2.18. The van der Waals surface area contributed by atoms with E-state index in [1.165, 1.54) is 0 Å². The lowest BCUT2D eigenvalue weighted by atomic mass is 10.1. The average molecular weight is 214 g/mol. The Balaban J connectivity index is 1.95. The van der Waals surface area contributed by atoms with Crippen molar-refractivity contribution < 1.29 is 9.59 Å². The molecule has 2 fully saturated rings. The summed E-state index contributed by atoms with van der Waals surface area (Å²) in [6.07, 6.45) is 2.20. The number of imide groups is 1. The maximum atomic E-state index is 11.1. The van der Waals surface area contributed by atoms with Crippen molar-refractivity contribution in [3.05, 3.63) is 0 Å². The molecule has 2 heterocycles. The number of rotatable bonds is 1. The van der Waals surface area contributed by atoms with Gasteiger partial charge in [-0.15, -0.1) is 0 Å². The monoisotopic (exact) mass is 214 g/mol. The first kappa shape index (κ1) is 9.98. The number of amides is 2. The number of nitrogens with one attached hydrogen (secondary N) is 1. The minimum absolute atomic E-state index is 0.153. The van der Waals surface area contributed by atoms with E-state index in [0.29, 0.717) is 19.1 Å². The molecule has 78 valence electrons. The Morgan fingerprint density at radius 2 is 1.71 bits per heavy atom. The van der Waals surface area contributed by atoms with Crippen LogP contribution in [-0.2, 0) is 9.59 Å². The van der Waals surface area contributed by atoms with Crippen LogP contribution in [0.1, 0.15) is 12.8 Å². The summed E-state index contributed by atoms with van der Waals surface area (Å²) >= 11 is 1.95. The molecule has 2 aliphatic rings. The van der Waals surface area contributed by atoms with Gasteiger partial charge in [0.1, 0.15) is 0 Å². The topological polar surface area (TPSA) is 49.4 Å². The van der Waals surface area contributed by atoms with Crippen molar-refractivity contribution in [2.75, 3.05) is 24.6 Å². The number of piperazine rings is 1. The molecule has 2 saturated heterocycles. The van der Waals surface area contributed by atoms with E-state index in [4.69, 9.17) is 0 Å². The zero-order valence-electron chi connectivity index (χ0n) is 7.99. The summed E-state index contributed by atoms with van der Waals surface area (Å²) in [4.78, 5) is 24.3. The lowest BCUT2D eigenvalue weighted by Gasteiger charge is -2.35. The van der Waals surface area contributed by atoms with Gasteiger partial charge in [0.25, 0.3) is 0 Å². The predicted molar refractivity (Wildman–Crippen MR) is 55.1 cm³/mol. The van der Waals surface area contributed by atoms with Gasteiger partial charge in [0, 0.05) is 6.04 Å². The molecular formula is C9H14N2O2S. The molecule has 2 aliphatic heterocycles. The molecule has 1 N–H and O–H groups in total. The molecule has 0 aromatic carbocycles. The second-order valence-electron chi connectivity index (χ2n) is 3.72. The van der Waals surface area contributed by atoms with Gasteiger partial charge in [-0.3, -0.25) is 19.8 Å². The molecule has 4 nitrogen and oxygen atoms in total. The van der Waals surface area contributed by atoms with Gasteiger partial charge in [-0.2, -0.15) is 11.8 Å². The highest BCUT2D eigenvalue weighted by Gasteiger charge is 2.29. The fourth-order valence-corrected chi connectivity index (χ4v) is 3.05. The smallest absolute Gasteiger partial charge is 0.240 e. The van der Waals surface area contributed by atoms with E-state index in [1.807, 2.05) is 16.7 Å². The SMILES string of the molecule is O=C1CN(C2CCSCC2)CC(=O)N1. The molecule has 0 atom stereocenters. The quantitative estimate of drug-likeness (QED) is 0.616. The van der Waals surface area contributed by atoms with Crippen LogP contribution in [0.5, 0.6) is 0 Å². The van der Waals surface area contributed by atoms with Crippen molar-refractivity contribution in [2.45, 2.75) is 18.9 Å². The van der Waals surface area contributed by atoms with Crippen LogP contribution in [-0.4, -0.2) is 47.4 Å². The van der Waals surface area contributed by atoms with Crippen LogP contribution >= 0.6 is 11.8 Å². The summed E-state index contributed by atoms with van der Waals surface area (Å²) in [7, 11) is 0. The minimum Gasteiger partial charge on any atom is -0.294 e. The van der Waals surface area contributed by atoms with Crippen LogP contribution in [0.2, 0.25) is 0 Å². The Hall–Kier alpha value is -0.550. The van der Waals surface area contributed by atoms with Crippen molar-refractivity contribution in [2.24, 2.45) is 0 Å². The number of carbonyl (C=O) groups is 2. The highest BCUT2D eigenvalue weighted by molar-refractivity contribution is 7.99. The van der Waals surface area contributed by atoms with Crippen molar-refractivity contribution in [3.63, 3.8) is 0 Å². The van der Waals surface area contributed by atoms with Crippen LogP contribution in [0.3, 0.4) is 0 Å². The molecule has 0 bridgehead atoms. The van der Waals surface area contributed by atoms with E-state index in [1.54, 1.807) is 0 Å². The van der Waals surface area contributed by atoms with Gasteiger partial charge >= 0.3 is 0 Å². The number of carbonyl (C=O) groups excluding carboxylic acids is 2. The Kier molecular flexibility index (Phi) is 3.08. The second-order valence-corrected chi connectivity index (χ2v) is 4.94. The molecule has 2 amide bonds. The minimum atomic E-state index is -0.153. The summed E-state index contributed by atoms with van der Waals surface area (Å²) in [6, 6.07) is 0.436. The van der Waals surface area contributed by atoms with Crippen LogP contribution in [0, 0.1) is 0 Å². The maximum Gasteiger partial charge on any atom is 0.240 e. The summed E-state index contributed by atoms with van der Waals surface area (Å²) in [5, 5.41) is 2.32. The lowest BCUT2D eigenvalue weighted by molar-refractivity contribution is -0.137. The van der Waals surface area contributed by atoms with Gasteiger partial charge in [0.2, 0.25) is 11.8 Å². The number of hydrogen-bond donors (Lipinski definition) is 1. The van der Waals surface area contributed by atoms with Gasteiger partial charge in [0.05, 0.1) is 13.1 Å². The van der Waals surface area contributed by atoms with Gasteiger partial charge < -0.3 is 0 Å². The van der Waals surface area contributed by atoms with E-state index in [0.717, 1.165) is 24.3 Å². The summed E-state index contributed by atoms with van der Waals surface area (Å²) in [5.74, 6) is 1.99. The Morgan fingerprint density at radius 1 is 1.14 bits per heavy atom.